The summed E-state index contributed by atoms with van der Waals surface area (Å²) in [5.74, 6) is 0.890. The lowest BCUT2D eigenvalue weighted by molar-refractivity contribution is -0.118. The molecule has 0 unspecified atom stereocenters. The zero-order valence-corrected chi connectivity index (χ0v) is 14.4. The highest BCUT2D eigenvalue weighted by molar-refractivity contribution is 7.10. The van der Waals surface area contributed by atoms with Crippen LogP contribution in [0.1, 0.15) is 9.75 Å². The van der Waals surface area contributed by atoms with Gasteiger partial charge in [0.1, 0.15) is 5.75 Å². The second-order valence-electron chi connectivity index (χ2n) is 5.01. The molecule has 3 rings (SSSR count). The molecule has 1 amide bonds. The SMILES string of the molecule is COc1ccc(N(Cc2cccs2)C(=O)Cc2cccs2)cc1. The van der Waals surface area contributed by atoms with Crippen LogP contribution in [0.3, 0.4) is 0 Å². The molecular weight excluding hydrogens is 326 g/mol. The highest BCUT2D eigenvalue weighted by Crippen LogP contribution is 2.24. The van der Waals surface area contributed by atoms with Crippen molar-refractivity contribution in [1.29, 1.82) is 0 Å². The van der Waals surface area contributed by atoms with Crippen LogP contribution < -0.4 is 9.64 Å². The van der Waals surface area contributed by atoms with Crippen LogP contribution in [0.2, 0.25) is 0 Å². The first-order valence-corrected chi connectivity index (χ1v) is 9.01. The van der Waals surface area contributed by atoms with Crippen LogP contribution >= 0.6 is 22.7 Å². The molecule has 0 aliphatic heterocycles. The summed E-state index contributed by atoms with van der Waals surface area (Å²) in [6.45, 7) is 0.591. The lowest BCUT2D eigenvalue weighted by atomic mass is 10.2. The maximum absolute atomic E-state index is 12.8. The summed E-state index contributed by atoms with van der Waals surface area (Å²) in [4.78, 5) is 16.9. The largest absolute Gasteiger partial charge is 0.497 e. The molecule has 0 fully saturated rings. The highest BCUT2D eigenvalue weighted by atomic mass is 32.1. The monoisotopic (exact) mass is 343 g/mol. The van der Waals surface area contributed by atoms with Gasteiger partial charge in [-0.25, -0.2) is 0 Å². The van der Waals surface area contributed by atoms with E-state index in [4.69, 9.17) is 4.74 Å². The highest BCUT2D eigenvalue weighted by Gasteiger charge is 2.17. The molecule has 2 heterocycles. The van der Waals surface area contributed by atoms with E-state index in [1.54, 1.807) is 29.8 Å². The molecule has 23 heavy (non-hydrogen) atoms. The topological polar surface area (TPSA) is 29.5 Å². The average molecular weight is 343 g/mol. The number of benzene rings is 1. The summed E-state index contributed by atoms with van der Waals surface area (Å²) in [7, 11) is 1.64. The fourth-order valence-electron chi connectivity index (χ4n) is 2.30. The Morgan fingerprint density at radius 2 is 1.65 bits per heavy atom. The molecular formula is C18H17NO2S2. The fourth-order valence-corrected chi connectivity index (χ4v) is 3.69. The molecule has 0 saturated carbocycles. The number of anilines is 1. The van der Waals surface area contributed by atoms with Crippen LogP contribution in [0.15, 0.2) is 59.3 Å². The van der Waals surface area contributed by atoms with E-state index in [2.05, 4.69) is 6.07 Å². The number of carbonyl (C=O) groups is 1. The Balaban J connectivity index is 1.84. The van der Waals surface area contributed by atoms with Crippen molar-refractivity contribution in [2.75, 3.05) is 12.0 Å². The Morgan fingerprint density at radius 1 is 1.00 bits per heavy atom. The molecule has 0 aliphatic carbocycles. The van der Waals surface area contributed by atoms with Crippen molar-refractivity contribution in [2.24, 2.45) is 0 Å². The molecule has 0 spiro atoms. The van der Waals surface area contributed by atoms with Crippen molar-refractivity contribution >= 4 is 34.3 Å². The van der Waals surface area contributed by atoms with E-state index < -0.39 is 0 Å². The summed E-state index contributed by atoms with van der Waals surface area (Å²) in [5, 5.41) is 4.03. The van der Waals surface area contributed by atoms with E-state index in [-0.39, 0.29) is 5.91 Å². The zero-order chi connectivity index (χ0) is 16.1. The standard InChI is InChI=1S/C18H17NO2S2/c1-21-15-8-6-14(7-9-15)19(13-17-5-3-11-23-17)18(20)12-16-4-2-10-22-16/h2-11H,12-13H2,1H3. The van der Waals surface area contributed by atoms with E-state index in [1.165, 1.54) is 4.88 Å². The van der Waals surface area contributed by atoms with Crippen molar-refractivity contribution in [3.63, 3.8) is 0 Å². The second-order valence-corrected chi connectivity index (χ2v) is 7.08. The molecule has 5 heteroatoms. The number of ether oxygens (including phenoxy) is 1. The number of hydrogen-bond acceptors (Lipinski definition) is 4. The molecule has 0 saturated heterocycles. The van der Waals surface area contributed by atoms with Crippen molar-refractivity contribution in [3.05, 3.63) is 69.0 Å². The van der Waals surface area contributed by atoms with Crippen LogP contribution in [0.5, 0.6) is 5.75 Å². The molecule has 2 aromatic heterocycles. The van der Waals surface area contributed by atoms with Crippen molar-refractivity contribution < 1.29 is 9.53 Å². The van der Waals surface area contributed by atoms with E-state index in [1.807, 2.05) is 58.1 Å². The number of rotatable bonds is 6. The first-order valence-electron chi connectivity index (χ1n) is 7.25. The van der Waals surface area contributed by atoms with E-state index >= 15 is 0 Å². The van der Waals surface area contributed by atoms with Crippen LogP contribution in [-0.2, 0) is 17.8 Å². The molecule has 0 atom stereocenters. The van der Waals surface area contributed by atoms with Gasteiger partial charge in [0, 0.05) is 15.4 Å². The lowest BCUT2D eigenvalue weighted by Gasteiger charge is -2.22. The van der Waals surface area contributed by atoms with Crippen molar-refractivity contribution in [1.82, 2.24) is 0 Å². The van der Waals surface area contributed by atoms with Gasteiger partial charge in [-0.3, -0.25) is 4.79 Å². The van der Waals surface area contributed by atoms with Gasteiger partial charge < -0.3 is 9.64 Å². The van der Waals surface area contributed by atoms with E-state index in [0.717, 1.165) is 16.3 Å². The molecule has 118 valence electrons. The van der Waals surface area contributed by atoms with Crippen molar-refractivity contribution in [3.8, 4) is 5.75 Å². The summed E-state index contributed by atoms with van der Waals surface area (Å²) in [6.07, 6.45) is 0.426. The number of methoxy groups -OCH3 is 1. The quantitative estimate of drug-likeness (QED) is 0.655. The molecule has 0 N–H and O–H groups in total. The third kappa shape index (κ3) is 4.00. The minimum atomic E-state index is 0.103. The van der Waals surface area contributed by atoms with Gasteiger partial charge in [-0.15, -0.1) is 22.7 Å². The average Bonchev–Trinajstić information content (AvgIpc) is 3.26. The van der Waals surface area contributed by atoms with Gasteiger partial charge in [0.25, 0.3) is 0 Å². The number of amides is 1. The first kappa shape index (κ1) is 15.8. The Kier molecular flexibility index (Phi) is 5.10. The number of thiophene rings is 2. The maximum atomic E-state index is 12.8. The molecule has 3 aromatic rings. The number of nitrogens with zero attached hydrogens (tertiary/aromatic N) is 1. The molecule has 0 bridgehead atoms. The molecule has 3 nitrogen and oxygen atoms in total. The smallest absolute Gasteiger partial charge is 0.232 e. The van der Waals surface area contributed by atoms with Crippen LogP contribution in [-0.4, -0.2) is 13.0 Å². The third-order valence-electron chi connectivity index (χ3n) is 3.48. The fraction of sp³-hybridized carbons (Fsp3) is 0.167. The summed E-state index contributed by atoms with van der Waals surface area (Å²) >= 11 is 3.28. The molecule has 0 radical (unpaired) electrons. The normalized spacial score (nSPS) is 10.5. The van der Waals surface area contributed by atoms with E-state index in [0.29, 0.717) is 13.0 Å². The summed E-state index contributed by atoms with van der Waals surface area (Å²) in [5.41, 5.74) is 0.890. The first-order chi connectivity index (χ1) is 11.3. The Labute approximate surface area is 143 Å². The lowest BCUT2D eigenvalue weighted by Crippen LogP contribution is -2.31. The Bertz CT molecular complexity index is 734. The van der Waals surface area contributed by atoms with Gasteiger partial charge in [0.05, 0.1) is 20.1 Å². The van der Waals surface area contributed by atoms with Gasteiger partial charge in [-0.2, -0.15) is 0 Å². The number of hydrogen-bond donors (Lipinski definition) is 0. The van der Waals surface area contributed by atoms with E-state index in [9.17, 15) is 4.79 Å². The number of carbonyl (C=O) groups excluding carboxylic acids is 1. The Hall–Kier alpha value is -2.11. The predicted octanol–water partition coefficient (Wildman–Crippen LogP) is 4.59. The third-order valence-corrected chi connectivity index (χ3v) is 5.22. The van der Waals surface area contributed by atoms with Crippen LogP contribution in [0.25, 0.3) is 0 Å². The summed E-state index contributed by atoms with van der Waals surface area (Å²) < 4.78 is 5.20. The summed E-state index contributed by atoms with van der Waals surface area (Å²) in [6, 6.07) is 15.7. The molecule has 1 aromatic carbocycles. The second kappa shape index (κ2) is 7.44. The van der Waals surface area contributed by atoms with Crippen molar-refractivity contribution in [2.45, 2.75) is 13.0 Å². The van der Waals surface area contributed by atoms with Gasteiger partial charge in [0.15, 0.2) is 0 Å². The zero-order valence-electron chi connectivity index (χ0n) is 12.8. The van der Waals surface area contributed by atoms with Crippen LogP contribution in [0.4, 0.5) is 5.69 Å². The van der Waals surface area contributed by atoms with Gasteiger partial charge in [-0.1, -0.05) is 12.1 Å². The van der Waals surface area contributed by atoms with Gasteiger partial charge in [-0.05, 0) is 47.2 Å². The molecule has 0 aliphatic rings. The van der Waals surface area contributed by atoms with Gasteiger partial charge in [0.2, 0.25) is 5.91 Å². The van der Waals surface area contributed by atoms with Crippen LogP contribution in [0, 0.1) is 0 Å². The minimum Gasteiger partial charge on any atom is -0.497 e. The maximum Gasteiger partial charge on any atom is 0.232 e. The minimum absolute atomic E-state index is 0.103. The predicted molar refractivity (Wildman–Crippen MR) is 96.5 cm³/mol. The Morgan fingerprint density at radius 3 is 2.22 bits per heavy atom. The van der Waals surface area contributed by atoms with Gasteiger partial charge >= 0.3 is 0 Å².